The van der Waals surface area contributed by atoms with Crippen molar-refractivity contribution < 1.29 is 13.9 Å². The summed E-state index contributed by atoms with van der Waals surface area (Å²) in [7, 11) is 0. The fourth-order valence-corrected chi connectivity index (χ4v) is 3.14. The Kier molecular flexibility index (Phi) is 5.53. The molecule has 2 aromatic rings. The maximum Gasteiger partial charge on any atom is 0.336 e. The van der Waals surface area contributed by atoms with E-state index in [0.29, 0.717) is 12.2 Å². The molecule has 1 aromatic carbocycles. The van der Waals surface area contributed by atoms with E-state index in [-0.39, 0.29) is 5.63 Å². The number of hydrogen-bond acceptors (Lipinski definition) is 5. The van der Waals surface area contributed by atoms with Crippen molar-refractivity contribution in [3.63, 3.8) is 0 Å². The Morgan fingerprint density at radius 3 is 2.71 bits per heavy atom. The highest BCUT2D eigenvalue weighted by Gasteiger charge is 2.11. The third-order valence-electron chi connectivity index (χ3n) is 4.38. The molecule has 5 heteroatoms. The minimum Gasteiger partial charge on any atom is -0.493 e. The van der Waals surface area contributed by atoms with Crippen molar-refractivity contribution in [3.8, 4) is 5.75 Å². The highest BCUT2D eigenvalue weighted by molar-refractivity contribution is 5.87. The SMILES string of the molecule is Cc1cc(OCCCCN2CCOCC2)c2c(C)cc(=O)oc2c1. The molecule has 1 aliphatic rings. The average Bonchev–Trinajstić information content (AvgIpc) is 2.54. The van der Waals surface area contributed by atoms with Crippen LogP contribution in [-0.2, 0) is 4.74 Å². The number of ether oxygens (including phenoxy) is 2. The normalized spacial score (nSPS) is 15.8. The van der Waals surface area contributed by atoms with E-state index in [9.17, 15) is 4.79 Å². The molecule has 0 amide bonds. The maximum absolute atomic E-state index is 11.6. The molecule has 0 bridgehead atoms. The third-order valence-corrected chi connectivity index (χ3v) is 4.38. The van der Waals surface area contributed by atoms with Crippen LogP contribution in [0.25, 0.3) is 11.0 Å². The van der Waals surface area contributed by atoms with Gasteiger partial charge in [0.25, 0.3) is 0 Å². The van der Waals surface area contributed by atoms with E-state index >= 15 is 0 Å². The Bertz CT molecular complexity index is 747. The van der Waals surface area contributed by atoms with Gasteiger partial charge >= 0.3 is 5.63 Å². The van der Waals surface area contributed by atoms with Crippen molar-refractivity contribution in [2.45, 2.75) is 26.7 Å². The standard InChI is InChI=1S/C19H25NO4/c1-14-11-16(19-15(2)13-18(21)24-17(19)12-14)23-8-4-3-5-20-6-9-22-10-7-20/h11-13H,3-10H2,1-2H3. The molecule has 1 aromatic heterocycles. The molecule has 0 spiro atoms. The van der Waals surface area contributed by atoms with Gasteiger partial charge in [0.05, 0.1) is 25.2 Å². The Morgan fingerprint density at radius 2 is 1.92 bits per heavy atom. The molecule has 24 heavy (non-hydrogen) atoms. The number of aryl methyl sites for hydroxylation is 2. The summed E-state index contributed by atoms with van der Waals surface area (Å²) in [4.78, 5) is 14.0. The second-order valence-corrected chi connectivity index (χ2v) is 6.39. The zero-order valence-electron chi connectivity index (χ0n) is 14.5. The highest BCUT2D eigenvalue weighted by atomic mass is 16.5. The number of nitrogens with zero attached hydrogens (tertiary/aromatic N) is 1. The molecule has 1 aliphatic heterocycles. The van der Waals surface area contributed by atoms with Gasteiger partial charge in [0.15, 0.2) is 0 Å². The zero-order chi connectivity index (χ0) is 16.9. The molecule has 5 nitrogen and oxygen atoms in total. The lowest BCUT2D eigenvalue weighted by atomic mass is 10.1. The quantitative estimate of drug-likeness (QED) is 0.602. The summed E-state index contributed by atoms with van der Waals surface area (Å²) < 4.78 is 16.7. The van der Waals surface area contributed by atoms with Gasteiger partial charge in [0.1, 0.15) is 11.3 Å². The van der Waals surface area contributed by atoms with Crippen molar-refractivity contribution >= 4 is 11.0 Å². The van der Waals surface area contributed by atoms with Crippen LogP contribution in [0.5, 0.6) is 5.75 Å². The van der Waals surface area contributed by atoms with Gasteiger partial charge in [0, 0.05) is 19.2 Å². The topological polar surface area (TPSA) is 51.9 Å². The Hall–Kier alpha value is -1.85. The van der Waals surface area contributed by atoms with Gasteiger partial charge in [-0.15, -0.1) is 0 Å². The molecule has 0 N–H and O–H groups in total. The summed E-state index contributed by atoms with van der Waals surface area (Å²) in [6.07, 6.45) is 2.11. The molecule has 130 valence electrons. The molecule has 0 unspecified atom stereocenters. The van der Waals surface area contributed by atoms with Crippen LogP contribution in [0.2, 0.25) is 0 Å². The number of morpholine rings is 1. The second kappa shape index (κ2) is 7.81. The van der Waals surface area contributed by atoms with Gasteiger partial charge in [-0.25, -0.2) is 4.79 Å². The summed E-state index contributed by atoms with van der Waals surface area (Å²) in [6, 6.07) is 5.41. The lowest BCUT2D eigenvalue weighted by molar-refractivity contribution is 0.0368. The van der Waals surface area contributed by atoms with Gasteiger partial charge in [-0.05, 0) is 56.5 Å². The number of unbranched alkanes of at least 4 members (excludes halogenated alkanes) is 1. The van der Waals surface area contributed by atoms with Crippen molar-refractivity contribution in [1.29, 1.82) is 0 Å². The fraction of sp³-hybridized carbons (Fsp3) is 0.526. The molecular formula is C19H25NO4. The molecule has 0 atom stereocenters. The first kappa shape index (κ1) is 17.0. The van der Waals surface area contributed by atoms with Crippen molar-refractivity contribution in [2.75, 3.05) is 39.5 Å². The lowest BCUT2D eigenvalue weighted by Crippen LogP contribution is -2.36. The van der Waals surface area contributed by atoms with E-state index in [4.69, 9.17) is 13.9 Å². The minimum atomic E-state index is -0.318. The summed E-state index contributed by atoms with van der Waals surface area (Å²) in [5.74, 6) is 0.803. The van der Waals surface area contributed by atoms with Crippen molar-refractivity contribution in [2.24, 2.45) is 0 Å². The van der Waals surface area contributed by atoms with E-state index < -0.39 is 0 Å². The predicted octanol–water partition coefficient (Wildman–Crippen LogP) is 2.90. The zero-order valence-corrected chi connectivity index (χ0v) is 14.5. The molecule has 0 aliphatic carbocycles. The highest BCUT2D eigenvalue weighted by Crippen LogP contribution is 2.29. The van der Waals surface area contributed by atoms with E-state index in [1.165, 1.54) is 6.07 Å². The molecule has 2 heterocycles. The van der Waals surface area contributed by atoms with E-state index in [0.717, 1.165) is 68.0 Å². The number of fused-ring (bicyclic) bond motifs is 1. The van der Waals surface area contributed by atoms with Crippen molar-refractivity contribution in [3.05, 3.63) is 39.7 Å². The van der Waals surface area contributed by atoms with Gasteiger partial charge in [0.2, 0.25) is 0 Å². The molecule has 1 saturated heterocycles. The Labute approximate surface area is 142 Å². The summed E-state index contributed by atoms with van der Waals surface area (Å²) in [5, 5.41) is 0.897. The van der Waals surface area contributed by atoms with Gasteiger partial charge in [-0.1, -0.05) is 0 Å². The molecule has 3 rings (SSSR count). The number of hydrogen-bond donors (Lipinski definition) is 0. The van der Waals surface area contributed by atoms with E-state index in [2.05, 4.69) is 4.90 Å². The van der Waals surface area contributed by atoms with Crippen LogP contribution < -0.4 is 10.4 Å². The Morgan fingerprint density at radius 1 is 1.12 bits per heavy atom. The summed E-state index contributed by atoms with van der Waals surface area (Å²) in [5.41, 5.74) is 2.20. The lowest BCUT2D eigenvalue weighted by Gasteiger charge is -2.26. The second-order valence-electron chi connectivity index (χ2n) is 6.39. The van der Waals surface area contributed by atoms with Crippen molar-refractivity contribution in [1.82, 2.24) is 4.90 Å². The average molecular weight is 331 g/mol. The minimum absolute atomic E-state index is 0.318. The largest absolute Gasteiger partial charge is 0.493 e. The summed E-state index contributed by atoms with van der Waals surface area (Å²) in [6.45, 7) is 9.40. The molecule has 0 radical (unpaired) electrons. The van der Waals surface area contributed by atoms with Gasteiger partial charge < -0.3 is 13.9 Å². The van der Waals surface area contributed by atoms with Crippen LogP contribution in [0.15, 0.2) is 27.4 Å². The smallest absolute Gasteiger partial charge is 0.336 e. The molecular weight excluding hydrogens is 306 g/mol. The molecule has 1 fully saturated rings. The van der Waals surface area contributed by atoms with Crippen LogP contribution in [0.3, 0.4) is 0 Å². The first-order valence-electron chi connectivity index (χ1n) is 8.61. The first-order valence-corrected chi connectivity index (χ1v) is 8.61. The van der Waals surface area contributed by atoms with Crippen LogP contribution in [0.1, 0.15) is 24.0 Å². The maximum atomic E-state index is 11.6. The van der Waals surface area contributed by atoms with Crippen LogP contribution >= 0.6 is 0 Å². The predicted molar refractivity (Wildman–Crippen MR) is 93.9 cm³/mol. The first-order chi connectivity index (χ1) is 11.6. The van der Waals surface area contributed by atoms with E-state index in [1.807, 2.05) is 26.0 Å². The van der Waals surface area contributed by atoms with E-state index in [1.54, 1.807) is 0 Å². The van der Waals surface area contributed by atoms with Crippen LogP contribution in [0, 0.1) is 13.8 Å². The summed E-state index contributed by atoms with van der Waals surface area (Å²) >= 11 is 0. The van der Waals surface area contributed by atoms with Gasteiger partial charge in [-0.2, -0.15) is 0 Å². The number of benzene rings is 1. The van der Waals surface area contributed by atoms with Crippen LogP contribution in [0.4, 0.5) is 0 Å². The third kappa shape index (κ3) is 4.16. The Balaban J connectivity index is 1.59. The molecule has 0 saturated carbocycles. The van der Waals surface area contributed by atoms with Crippen LogP contribution in [-0.4, -0.2) is 44.4 Å². The number of rotatable bonds is 6. The fourth-order valence-electron chi connectivity index (χ4n) is 3.14. The monoisotopic (exact) mass is 331 g/mol. The van der Waals surface area contributed by atoms with Gasteiger partial charge in [-0.3, -0.25) is 4.90 Å².